The molecule has 4 unspecified atom stereocenters. The number of allylic oxidation sites excluding steroid dienone is 3. The standard InChI is InChI=1S/C69H64N2/c1-5-43-69(6-2,71(66-30-18-26-55-24-14-16-28-60(55)66)58-39-35-53(36-40-58)51-21-11-8-12-22-51)57-38-42-62-61-41-37-56-46-63(61)67(3,64(62)47-57)44-45-68(56,4)70(65-29-17-25-54-23-13-15-27-59(54)65)48-49-31-33-52(34-32-49)50-19-9-7-10-20-50/h7-42,47,56H,5-6,43-46,48H2,1-4H3. The van der Waals surface area contributed by atoms with Gasteiger partial charge >= 0.3 is 0 Å². The molecule has 1 saturated carbocycles. The van der Waals surface area contributed by atoms with Crippen LogP contribution in [0, 0.1) is 5.92 Å². The normalized spacial score (nSPS) is 19.9. The minimum atomic E-state index is -0.319. The number of anilines is 3. The monoisotopic (exact) mass is 921 g/mol. The Morgan fingerprint density at radius 2 is 1.11 bits per heavy atom. The molecule has 3 aliphatic carbocycles. The molecule has 350 valence electrons. The summed E-state index contributed by atoms with van der Waals surface area (Å²) in [7, 11) is 0. The molecule has 1 fully saturated rings. The third kappa shape index (κ3) is 7.54. The summed E-state index contributed by atoms with van der Waals surface area (Å²) < 4.78 is 0. The molecule has 4 atom stereocenters. The van der Waals surface area contributed by atoms with E-state index < -0.39 is 0 Å². The first-order valence-electron chi connectivity index (χ1n) is 26.2. The van der Waals surface area contributed by atoms with Crippen LogP contribution in [0.25, 0.3) is 49.4 Å². The van der Waals surface area contributed by atoms with Gasteiger partial charge in [0.25, 0.3) is 0 Å². The van der Waals surface area contributed by atoms with Crippen molar-refractivity contribution in [3.8, 4) is 22.3 Å². The van der Waals surface area contributed by atoms with Crippen molar-refractivity contribution in [2.75, 3.05) is 9.80 Å². The topological polar surface area (TPSA) is 6.48 Å². The van der Waals surface area contributed by atoms with E-state index in [0.29, 0.717) is 5.92 Å². The Morgan fingerprint density at radius 3 is 1.75 bits per heavy atom. The Balaban J connectivity index is 0.962. The summed E-state index contributed by atoms with van der Waals surface area (Å²) in [5, 5.41) is 5.15. The lowest BCUT2D eigenvalue weighted by Gasteiger charge is -2.48. The lowest BCUT2D eigenvalue weighted by Crippen LogP contribution is -2.51. The highest BCUT2D eigenvalue weighted by Gasteiger charge is 2.52. The maximum absolute atomic E-state index is 2.81. The van der Waals surface area contributed by atoms with Crippen LogP contribution in [0.15, 0.2) is 230 Å². The molecular formula is C69H64N2. The van der Waals surface area contributed by atoms with Crippen molar-refractivity contribution in [3.63, 3.8) is 0 Å². The van der Waals surface area contributed by atoms with Gasteiger partial charge in [-0.1, -0.05) is 233 Å². The van der Waals surface area contributed by atoms with E-state index in [0.717, 1.165) is 45.1 Å². The third-order valence-corrected chi connectivity index (χ3v) is 17.3. The summed E-state index contributed by atoms with van der Waals surface area (Å²) in [6.07, 6.45) is 11.4. The summed E-state index contributed by atoms with van der Waals surface area (Å²) >= 11 is 0. The van der Waals surface area contributed by atoms with Crippen LogP contribution in [-0.2, 0) is 17.5 Å². The van der Waals surface area contributed by atoms with Gasteiger partial charge in [0.2, 0.25) is 0 Å². The molecule has 2 bridgehead atoms. The molecule has 9 aromatic carbocycles. The molecule has 3 aliphatic rings. The van der Waals surface area contributed by atoms with Crippen molar-refractivity contribution in [1.82, 2.24) is 0 Å². The van der Waals surface area contributed by atoms with Gasteiger partial charge in [0.05, 0.1) is 5.54 Å². The van der Waals surface area contributed by atoms with Crippen molar-refractivity contribution in [2.45, 2.75) is 89.3 Å². The average Bonchev–Trinajstić information content (AvgIpc) is 3.63. The van der Waals surface area contributed by atoms with Crippen LogP contribution < -0.4 is 9.80 Å². The van der Waals surface area contributed by atoms with Gasteiger partial charge in [-0.3, -0.25) is 0 Å². The average molecular weight is 921 g/mol. The van der Waals surface area contributed by atoms with E-state index in [1.807, 2.05) is 0 Å². The first kappa shape index (κ1) is 44.8. The van der Waals surface area contributed by atoms with Gasteiger partial charge in [0, 0.05) is 51.3 Å². The Labute approximate surface area is 421 Å². The van der Waals surface area contributed by atoms with Crippen LogP contribution in [0.3, 0.4) is 0 Å². The SMILES string of the molecule is CCCC(CC)(c1ccc2c(c1)C1(C)CCC(C)(N(Cc3ccc(-c4ccccc4)cc3)c3cccc4ccccc34)C3C=CC2=C1C3)N(c1ccc(-c2ccccc2)cc1)c1cccc2ccccc12. The minimum absolute atomic E-state index is 0.101. The minimum Gasteiger partial charge on any atom is -0.361 e. The number of rotatable bonds is 13. The van der Waals surface area contributed by atoms with E-state index in [4.69, 9.17) is 0 Å². The first-order chi connectivity index (χ1) is 34.8. The zero-order chi connectivity index (χ0) is 48.2. The molecule has 0 saturated heterocycles. The van der Waals surface area contributed by atoms with Crippen molar-refractivity contribution in [3.05, 3.63) is 252 Å². The van der Waals surface area contributed by atoms with E-state index in [1.165, 1.54) is 88.7 Å². The second kappa shape index (κ2) is 18.1. The molecule has 2 heteroatoms. The van der Waals surface area contributed by atoms with Crippen molar-refractivity contribution < 1.29 is 0 Å². The third-order valence-electron chi connectivity index (χ3n) is 17.3. The van der Waals surface area contributed by atoms with Gasteiger partial charge in [-0.15, -0.1) is 0 Å². The number of benzene rings is 9. The fourth-order valence-electron chi connectivity index (χ4n) is 13.3. The predicted octanol–water partition coefficient (Wildman–Crippen LogP) is 18.4. The second-order valence-electron chi connectivity index (χ2n) is 21.0. The Morgan fingerprint density at radius 1 is 0.549 bits per heavy atom. The summed E-state index contributed by atoms with van der Waals surface area (Å²) in [6, 6.07) is 79.7. The van der Waals surface area contributed by atoms with Gasteiger partial charge < -0.3 is 9.80 Å². The van der Waals surface area contributed by atoms with Crippen LogP contribution in [0.1, 0.15) is 88.5 Å². The van der Waals surface area contributed by atoms with Crippen molar-refractivity contribution in [2.24, 2.45) is 5.92 Å². The largest absolute Gasteiger partial charge is 0.361 e. The second-order valence-corrected chi connectivity index (χ2v) is 21.0. The summed E-state index contributed by atoms with van der Waals surface area (Å²) in [5.74, 6) is 0.343. The molecule has 0 radical (unpaired) electrons. The van der Waals surface area contributed by atoms with E-state index in [1.54, 1.807) is 5.57 Å². The molecule has 71 heavy (non-hydrogen) atoms. The van der Waals surface area contributed by atoms with Crippen LogP contribution >= 0.6 is 0 Å². The highest BCUT2D eigenvalue weighted by molar-refractivity contribution is 5.98. The number of hydrogen-bond acceptors (Lipinski definition) is 2. The van der Waals surface area contributed by atoms with E-state index in [-0.39, 0.29) is 16.5 Å². The van der Waals surface area contributed by atoms with Crippen molar-refractivity contribution in [1.29, 1.82) is 0 Å². The molecular weight excluding hydrogens is 857 g/mol. The Kier molecular flexibility index (Phi) is 11.4. The fourth-order valence-corrected chi connectivity index (χ4v) is 13.3. The molecule has 0 amide bonds. The van der Waals surface area contributed by atoms with Crippen LogP contribution in [0.4, 0.5) is 17.1 Å². The summed E-state index contributed by atoms with van der Waals surface area (Å²) in [6.45, 7) is 10.8. The molecule has 0 N–H and O–H groups in total. The van der Waals surface area contributed by atoms with Gasteiger partial charge in [-0.25, -0.2) is 0 Å². The zero-order valence-corrected chi connectivity index (χ0v) is 41.8. The molecule has 0 spiro atoms. The molecule has 0 heterocycles. The van der Waals surface area contributed by atoms with Crippen molar-refractivity contribution >= 4 is 44.2 Å². The highest BCUT2D eigenvalue weighted by atomic mass is 15.2. The summed E-state index contributed by atoms with van der Waals surface area (Å²) in [5.41, 5.74) is 17.0. The lowest BCUT2D eigenvalue weighted by molar-refractivity contribution is 0.297. The fraction of sp³-hybridized carbons (Fsp3) is 0.217. The highest BCUT2D eigenvalue weighted by Crippen LogP contribution is 2.60. The van der Waals surface area contributed by atoms with Gasteiger partial charge in [-0.05, 0) is 124 Å². The molecule has 9 aromatic rings. The number of hydrogen-bond donors (Lipinski definition) is 0. The number of fused-ring (bicyclic) bond motifs is 6. The van der Waals surface area contributed by atoms with E-state index in [9.17, 15) is 0 Å². The maximum atomic E-state index is 2.81. The summed E-state index contributed by atoms with van der Waals surface area (Å²) in [4.78, 5) is 5.54. The zero-order valence-electron chi connectivity index (χ0n) is 41.8. The predicted molar refractivity (Wildman–Crippen MR) is 302 cm³/mol. The molecule has 0 aliphatic heterocycles. The van der Waals surface area contributed by atoms with Crippen LogP contribution in [0.2, 0.25) is 0 Å². The van der Waals surface area contributed by atoms with E-state index in [2.05, 4.69) is 262 Å². The molecule has 2 nitrogen and oxygen atoms in total. The lowest BCUT2D eigenvalue weighted by atomic mass is 9.72. The van der Waals surface area contributed by atoms with Crippen LogP contribution in [0.5, 0.6) is 0 Å². The Bertz CT molecular complexity index is 3450. The van der Waals surface area contributed by atoms with Gasteiger partial charge in [-0.2, -0.15) is 0 Å². The van der Waals surface area contributed by atoms with Gasteiger partial charge in [0.1, 0.15) is 0 Å². The number of nitrogens with zero attached hydrogens (tertiary/aromatic N) is 2. The quantitative estimate of drug-likeness (QED) is 0.114. The molecule has 0 aromatic heterocycles. The maximum Gasteiger partial charge on any atom is 0.0700 e. The van der Waals surface area contributed by atoms with E-state index >= 15 is 0 Å². The molecule has 12 rings (SSSR count). The van der Waals surface area contributed by atoms with Crippen LogP contribution in [-0.4, -0.2) is 5.54 Å². The van der Waals surface area contributed by atoms with Gasteiger partial charge in [0.15, 0.2) is 0 Å². The first-order valence-corrected chi connectivity index (χ1v) is 26.2. The smallest absolute Gasteiger partial charge is 0.0700 e. The Hall–Kier alpha value is -7.42.